The van der Waals surface area contributed by atoms with Gasteiger partial charge >= 0.3 is 0 Å². The fraction of sp³-hybridized carbons (Fsp3) is 0.235. The number of hydrogen-bond donors (Lipinski definition) is 2. The fourth-order valence-electron chi connectivity index (χ4n) is 2.02. The summed E-state index contributed by atoms with van der Waals surface area (Å²) < 4.78 is 5.15. The van der Waals surface area contributed by atoms with Gasteiger partial charge in [0, 0.05) is 19.5 Å². The first-order valence-electron chi connectivity index (χ1n) is 6.93. The lowest BCUT2D eigenvalue weighted by molar-refractivity contribution is -0.121. The van der Waals surface area contributed by atoms with E-state index < -0.39 is 0 Å². The molecule has 21 heavy (non-hydrogen) atoms. The number of nitrogens with two attached hydrogens (primary N) is 1. The highest BCUT2D eigenvalue weighted by atomic mass is 16.5. The maximum absolute atomic E-state index is 11.4. The highest BCUT2D eigenvalue weighted by molar-refractivity contribution is 5.76. The van der Waals surface area contributed by atoms with Gasteiger partial charge in [0.15, 0.2) is 0 Å². The average molecular weight is 284 g/mol. The summed E-state index contributed by atoms with van der Waals surface area (Å²) >= 11 is 0. The van der Waals surface area contributed by atoms with E-state index in [1.165, 1.54) is 0 Å². The average Bonchev–Trinajstić information content (AvgIpc) is 2.54. The molecule has 4 heteroatoms. The molecule has 0 bridgehead atoms. The van der Waals surface area contributed by atoms with E-state index in [1.54, 1.807) is 7.11 Å². The molecule has 0 heterocycles. The normalized spacial score (nSPS) is 10.2. The van der Waals surface area contributed by atoms with Crippen LogP contribution in [-0.2, 0) is 11.3 Å². The zero-order valence-electron chi connectivity index (χ0n) is 12.1. The molecule has 0 saturated heterocycles. The molecule has 2 aromatic rings. The molecule has 0 aliphatic carbocycles. The van der Waals surface area contributed by atoms with E-state index in [2.05, 4.69) is 5.32 Å². The van der Waals surface area contributed by atoms with Crippen molar-refractivity contribution in [1.82, 2.24) is 5.32 Å². The summed E-state index contributed by atoms with van der Waals surface area (Å²) in [6.07, 6.45) is 0.365. The quantitative estimate of drug-likeness (QED) is 0.855. The third-order valence-electron chi connectivity index (χ3n) is 3.24. The Morgan fingerprint density at radius 2 is 1.62 bits per heavy atom. The van der Waals surface area contributed by atoms with Gasteiger partial charge in [0.25, 0.3) is 0 Å². The molecule has 0 fully saturated rings. The number of methoxy groups -OCH3 is 1. The van der Waals surface area contributed by atoms with E-state index in [4.69, 9.17) is 10.5 Å². The molecule has 2 aromatic carbocycles. The molecular formula is C17H20N2O2. The molecular weight excluding hydrogens is 264 g/mol. The van der Waals surface area contributed by atoms with Gasteiger partial charge in [0.05, 0.1) is 7.11 Å². The number of nitrogens with one attached hydrogen (secondary N) is 1. The minimum Gasteiger partial charge on any atom is -0.497 e. The van der Waals surface area contributed by atoms with Crippen LogP contribution in [0.15, 0.2) is 48.5 Å². The molecule has 0 saturated carbocycles. The van der Waals surface area contributed by atoms with Gasteiger partial charge in [-0.15, -0.1) is 0 Å². The van der Waals surface area contributed by atoms with Gasteiger partial charge in [-0.25, -0.2) is 0 Å². The van der Waals surface area contributed by atoms with Crippen LogP contribution in [0.3, 0.4) is 0 Å². The van der Waals surface area contributed by atoms with Crippen LogP contribution in [0.1, 0.15) is 12.0 Å². The van der Waals surface area contributed by atoms with Crippen LogP contribution in [-0.4, -0.2) is 19.6 Å². The Morgan fingerprint density at radius 3 is 2.14 bits per heavy atom. The Bertz CT molecular complexity index is 577. The topological polar surface area (TPSA) is 64.3 Å². The fourth-order valence-corrected chi connectivity index (χ4v) is 2.02. The number of benzene rings is 2. The molecule has 4 nitrogen and oxygen atoms in total. The maximum Gasteiger partial charge on any atom is 0.221 e. The molecule has 0 spiro atoms. The first kappa shape index (κ1) is 15.1. The second-order valence-corrected chi connectivity index (χ2v) is 4.74. The van der Waals surface area contributed by atoms with E-state index in [0.717, 1.165) is 22.4 Å². The number of carbonyl (C=O) groups excluding carboxylic acids is 1. The zero-order valence-corrected chi connectivity index (χ0v) is 12.1. The van der Waals surface area contributed by atoms with Crippen LogP contribution in [0.5, 0.6) is 5.75 Å². The smallest absolute Gasteiger partial charge is 0.221 e. The first-order chi connectivity index (χ1) is 10.2. The van der Waals surface area contributed by atoms with Crippen molar-refractivity contribution < 1.29 is 9.53 Å². The van der Waals surface area contributed by atoms with E-state index in [0.29, 0.717) is 19.5 Å². The molecule has 0 unspecified atom stereocenters. The van der Waals surface area contributed by atoms with E-state index in [9.17, 15) is 4.79 Å². The molecule has 0 atom stereocenters. The lowest BCUT2D eigenvalue weighted by Crippen LogP contribution is -2.24. The summed E-state index contributed by atoms with van der Waals surface area (Å²) in [6, 6.07) is 16.1. The SMILES string of the molecule is COc1ccc(-c2ccc(CNC(=O)CCN)cc2)cc1. The summed E-state index contributed by atoms with van der Waals surface area (Å²) in [4.78, 5) is 11.4. The summed E-state index contributed by atoms with van der Waals surface area (Å²) in [7, 11) is 1.66. The molecule has 0 aliphatic rings. The van der Waals surface area contributed by atoms with Crippen LogP contribution < -0.4 is 15.8 Å². The summed E-state index contributed by atoms with van der Waals surface area (Å²) in [5.41, 5.74) is 8.67. The minimum absolute atomic E-state index is 0.0169. The van der Waals surface area contributed by atoms with Gasteiger partial charge in [-0.05, 0) is 28.8 Å². The Kier molecular flexibility index (Phi) is 5.35. The van der Waals surface area contributed by atoms with Gasteiger partial charge < -0.3 is 15.8 Å². The Labute approximate surface area is 124 Å². The second-order valence-electron chi connectivity index (χ2n) is 4.74. The number of hydrogen-bond acceptors (Lipinski definition) is 3. The van der Waals surface area contributed by atoms with Gasteiger partial charge in [-0.2, -0.15) is 0 Å². The van der Waals surface area contributed by atoms with Crippen molar-refractivity contribution in [3.05, 3.63) is 54.1 Å². The standard InChI is InChI=1S/C17H20N2O2/c1-21-16-8-6-15(7-9-16)14-4-2-13(3-5-14)12-19-17(20)10-11-18/h2-9H,10-12,18H2,1H3,(H,19,20). The predicted octanol–water partition coefficient (Wildman–Crippen LogP) is 2.33. The molecule has 0 radical (unpaired) electrons. The van der Waals surface area contributed by atoms with Crippen LogP contribution in [0, 0.1) is 0 Å². The van der Waals surface area contributed by atoms with Crippen LogP contribution >= 0.6 is 0 Å². The van der Waals surface area contributed by atoms with Crippen molar-refractivity contribution in [2.75, 3.05) is 13.7 Å². The summed E-state index contributed by atoms with van der Waals surface area (Å²) in [5, 5.41) is 2.84. The number of ether oxygens (including phenoxy) is 1. The number of amides is 1. The Morgan fingerprint density at radius 1 is 1.05 bits per heavy atom. The Hall–Kier alpha value is -2.33. The third kappa shape index (κ3) is 4.33. The second kappa shape index (κ2) is 7.45. The van der Waals surface area contributed by atoms with Crippen molar-refractivity contribution in [3.63, 3.8) is 0 Å². The highest BCUT2D eigenvalue weighted by Crippen LogP contribution is 2.22. The van der Waals surface area contributed by atoms with E-state index >= 15 is 0 Å². The van der Waals surface area contributed by atoms with Crippen LogP contribution in [0.2, 0.25) is 0 Å². The van der Waals surface area contributed by atoms with Gasteiger partial charge in [-0.3, -0.25) is 4.79 Å². The highest BCUT2D eigenvalue weighted by Gasteiger charge is 2.01. The maximum atomic E-state index is 11.4. The molecule has 1 amide bonds. The van der Waals surface area contributed by atoms with E-state index in [1.807, 2.05) is 48.5 Å². The minimum atomic E-state index is -0.0169. The molecule has 0 aromatic heterocycles. The number of carbonyl (C=O) groups is 1. The molecule has 2 rings (SSSR count). The molecule has 0 aliphatic heterocycles. The lowest BCUT2D eigenvalue weighted by atomic mass is 10.0. The van der Waals surface area contributed by atoms with Crippen molar-refractivity contribution >= 4 is 5.91 Å². The number of rotatable bonds is 6. The lowest BCUT2D eigenvalue weighted by Gasteiger charge is -2.07. The van der Waals surface area contributed by atoms with Gasteiger partial charge in [0.2, 0.25) is 5.91 Å². The van der Waals surface area contributed by atoms with Crippen molar-refractivity contribution in [1.29, 1.82) is 0 Å². The summed E-state index contributed by atoms with van der Waals surface area (Å²) in [5.74, 6) is 0.828. The van der Waals surface area contributed by atoms with Crippen molar-refractivity contribution in [2.24, 2.45) is 5.73 Å². The van der Waals surface area contributed by atoms with Gasteiger partial charge in [-0.1, -0.05) is 36.4 Å². The third-order valence-corrected chi connectivity index (χ3v) is 3.24. The zero-order chi connectivity index (χ0) is 15.1. The van der Waals surface area contributed by atoms with Crippen LogP contribution in [0.25, 0.3) is 11.1 Å². The summed E-state index contributed by atoms with van der Waals surface area (Å²) in [6.45, 7) is 0.907. The predicted molar refractivity (Wildman–Crippen MR) is 83.9 cm³/mol. The Balaban J connectivity index is 1.99. The van der Waals surface area contributed by atoms with Gasteiger partial charge in [0.1, 0.15) is 5.75 Å². The first-order valence-corrected chi connectivity index (χ1v) is 6.93. The monoisotopic (exact) mass is 284 g/mol. The van der Waals surface area contributed by atoms with Crippen LogP contribution in [0.4, 0.5) is 0 Å². The molecule has 110 valence electrons. The van der Waals surface area contributed by atoms with E-state index in [-0.39, 0.29) is 5.91 Å². The largest absolute Gasteiger partial charge is 0.497 e. The van der Waals surface area contributed by atoms with Crippen molar-refractivity contribution in [2.45, 2.75) is 13.0 Å². The molecule has 3 N–H and O–H groups in total. The van der Waals surface area contributed by atoms with Crippen molar-refractivity contribution in [3.8, 4) is 16.9 Å².